The Balaban J connectivity index is 2.81. The molecule has 2 N–H and O–H groups in total. The summed E-state index contributed by atoms with van der Waals surface area (Å²) >= 11 is 0. The molecular formula is C13H20N2O2S. The molecule has 0 radical (unpaired) electrons. The predicted octanol–water partition coefficient (Wildman–Crippen LogP) is 1.65. The molecule has 0 aliphatic rings. The van der Waals surface area contributed by atoms with E-state index >= 15 is 0 Å². The van der Waals surface area contributed by atoms with Crippen LogP contribution in [0.5, 0.6) is 0 Å². The summed E-state index contributed by atoms with van der Waals surface area (Å²) in [5.74, 6) is 0. The number of hydrogen-bond donors (Lipinski definition) is 2. The van der Waals surface area contributed by atoms with E-state index in [1.165, 1.54) is 0 Å². The molecule has 1 aromatic carbocycles. The molecule has 0 fully saturated rings. The van der Waals surface area contributed by atoms with Crippen molar-refractivity contribution >= 4 is 10.0 Å². The van der Waals surface area contributed by atoms with Crippen molar-refractivity contribution < 1.29 is 8.42 Å². The highest BCUT2D eigenvalue weighted by Crippen LogP contribution is 2.11. The minimum absolute atomic E-state index is 0.149. The van der Waals surface area contributed by atoms with E-state index in [0.717, 1.165) is 12.1 Å². The summed E-state index contributed by atoms with van der Waals surface area (Å²) < 4.78 is 26.7. The van der Waals surface area contributed by atoms with Crippen molar-refractivity contribution in [2.75, 3.05) is 7.05 Å². The van der Waals surface area contributed by atoms with Crippen molar-refractivity contribution in [3.8, 4) is 0 Å². The van der Waals surface area contributed by atoms with Crippen LogP contribution in [0.2, 0.25) is 0 Å². The van der Waals surface area contributed by atoms with Crippen molar-refractivity contribution in [3.63, 3.8) is 0 Å². The predicted molar refractivity (Wildman–Crippen MR) is 73.8 cm³/mol. The van der Waals surface area contributed by atoms with Gasteiger partial charge >= 0.3 is 0 Å². The number of nitrogens with one attached hydrogen (secondary N) is 2. The molecule has 1 atom stereocenters. The first-order chi connectivity index (χ1) is 8.49. The number of sulfonamides is 1. The fourth-order valence-corrected chi connectivity index (χ4v) is 2.88. The van der Waals surface area contributed by atoms with Gasteiger partial charge in [-0.25, -0.2) is 13.1 Å². The van der Waals surface area contributed by atoms with E-state index in [1.54, 1.807) is 18.2 Å². The largest absolute Gasteiger partial charge is 0.316 e. The highest BCUT2D eigenvalue weighted by atomic mass is 32.2. The van der Waals surface area contributed by atoms with Crippen LogP contribution in [0.1, 0.15) is 18.9 Å². The maximum Gasteiger partial charge on any atom is 0.240 e. The monoisotopic (exact) mass is 268 g/mol. The maximum absolute atomic E-state index is 12.0. The molecular weight excluding hydrogens is 248 g/mol. The third kappa shape index (κ3) is 4.25. The van der Waals surface area contributed by atoms with Crippen molar-refractivity contribution in [2.24, 2.45) is 0 Å². The Kier molecular flexibility index (Phi) is 5.53. The van der Waals surface area contributed by atoms with Crippen LogP contribution in [-0.2, 0) is 16.6 Å². The van der Waals surface area contributed by atoms with Crippen LogP contribution in [0.4, 0.5) is 0 Å². The quantitative estimate of drug-likeness (QED) is 0.739. The van der Waals surface area contributed by atoms with E-state index in [9.17, 15) is 8.42 Å². The van der Waals surface area contributed by atoms with E-state index in [0.29, 0.717) is 11.3 Å². The number of benzene rings is 1. The Morgan fingerprint density at radius 1 is 1.33 bits per heavy atom. The summed E-state index contributed by atoms with van der Waals surface area (Å²) in [4.78, 5) is 0.290. The minimum Gasteiger partial charge on any atom is -0.316 e. The first-order valence-corrected chi connectivity index (χ1v) is 7.34. The highest BCUT2D eigenvalue weighted by molar-refractivity contribution is 7.89. The Labute approximate surface area is 109 Å². The smallest absolute Gasteiger partial charge is 0.240 e. The molecule has 0 bridgehead atoms. The van der Waals surface area contributed by atoms with Crippen LogP contribution in [0.15, 0.2) is 41.8 Å². The second-order valence-electron chi connectivity index (χ2n) is 4.22. The van der Waals surface area contributed by atoms with E-state index in [4.69, 9.17) is 0 Å². The summed E-state index contributed by atoms with van der Waals surface area (Å²) in [6.45, 7) is 6.13. The fraction of sp³-hybridized carbons (Fsp3) is 0.385. The summed E-state index contributed by atoms with van der Waals surface area (Å²) in [6, 6.07) is 6.71. The summed E-state index contributed by atoms with van der Waals surface area (Å²) in [5.41, 5.74) is 1.05. The van der Waals surface area contributed by atoms with Gasteiger partial charge in [-0.15, -0.1) is 6.58 Å². The van der Waals surface area contributed by atoms with Gasteiger partial charge in [0.1, 0.15) is 0 Å². The van der Waals surface area contributed by atoms with Crippen molar-refractivity contribution in [2.45, 2.75) is 30.8 Å². The molecule has 1 aromatic rings. The van der Waals surface area contributed by atoms with Gasteiger partial charge in [0.2, 0.25) is 10.0 Å². The van der Waals surface area contributed by atoms with Crippen LogP contribution >= 0.6 is 0 Å². The van der Waals surface area contributed by atoms with E-state index in [-0.39, 0.29) is 6.04 Å². The minimum atomic E-state index is -3.43. The molecule has 0 spiro atoms. The summed E-state index contributed by atoms with van der Waals surface area (Å²) in [7, 11) is -1.58. The molecule has 1 rings (SSSR count). The van der Waals surface area contributed by atoms with Gasteiger partial charge < -0.3 is 5.32 Å². The van der Waals surface area contributed by atoms with Crippen LogP contribution in [-0.4, -0.2) is 21.5 Å². The molecule has 0 heterocycles. The molecule has 0 amide bonds. The average Bonchev–Trinajstić information content (AvgIpc) is 2.29. The lowest BCUT2D eigenvalue weighted by Crippen LogP contribution is -2.32. The standard InChI is InChI=1S/C13H20N2O2S/c1-4-5-11(2)15-18(16,17)13-8-6-12(7-9-13)10-14-3/h4,6-9,11,14-15H,1,5,10H2,2-3H3. The third-order valence-electron chi connectivity index (χ3n) is 2.49. The van der Waals surface area contributed by atoms with Crippen LogP contribution < -0.4 is 10.0 Å². The van der Waals surface area contributed by atoms with Gasteiger partial charge in [-0.05, 0) is 38.1 Å². The van der Waals surface area contributed by atoms with Gasteiger partial charge in [0, 0.05) is 12.6 Å². The molecule has 0 aliphatic carbocycles. The van der Waals surface area contributed by atoms with E-state index in [2.05, 4.69) is 16.6 Å². The normalized spacial score (nSPS) is 13.2. The highest BCUT2D eigenvalue weighted by Gasteiger charge is 2.16. The number of hydrogen-bond acceptors (Lipinski definition) is 3. The van der Waals surface area contributed by atoms with Gasteiger partial charge in [-0.3, -0.25) is 0 Å². The first kappa shape index (κ1) is 14.9. The maximum atomic E-state index is 12.0. The zero-order valence-electron chi connectivity index (χ0n) is 10.8. The molecule has 4 nitrogen and oxygen atoms in total. The Morgan fingerprint density at radius 3 is 2.44 bits per heavy atom. The molecule has 0 aromatic heterocycles. The SMILES string of the molecule is C=CCC(C)NS(=O)(=O)c1ccc(CNC)cc1. The molecule has 1 unspecified atom stereocenters. The first-order valence-electron chi connectivity index (χ1n) is 5.86. The Bertz CT molecular complexity index is 480. The molecule has 18 heavy (non-hydrogen) atoms. The van der Waals surface area contributed by atoms with Crippen LogP contribution in [0.3, 0.4) is 0 Å². The third-order valence-corrected chi connectivity index (χ3v) is 4.10. The van der Waals surface area contributed by atoms with Crippen LogP contribution in [0.25, 0.3) is 0 Å². The van der Waals surface area contributed by atoms with E-state index < -0.39 is 10.0 Å². The van der Waals surface area contributed by atoms with E-state index in [1.807, 2.05) is 26.1 Å². The fourth-order valence-electron chi connectivity index (χ4n) is 1.62. The van der Waals surface area contributed by atoms with Gasteiger partial charge in [-0.1, -0.05) is 18.2 Å². The Morgan fingerprint density at radius 2 is 1.94 bits per heavy atom. The summed E-state index contributed by atoms with van der Waals surface area (Å²) in [5, 5.41) is 3.01. The van der Waals surface area contributed by atoms with Gasteiger partial charge in [0.25, 0.3) is 0 Å². The lowest BCUT2D eigenvalue weighted by molar-refractivity contribution is 0.562. The summed E-state index contributed by atoms with van der Waals surface area (Å²) in [6.07, 6.45) is 2.31. The van der Waals surface area contributed by atoms with Gasteiger partial charge in [0.15, 0.2) is 0 Å². The second kappa shape index (κ2) is 6.68. The van der Waals surface area contributed by atoms with Crippen molar-refractivity contribution in [1.29, 1.82) is 0 Å². The molecule has 0 saturated carbocycles. The van der Waals surface area contributed by atoms with Crippen molar-refractivity contribution in [3.05, 3.63) is 42.5 Å². The lowest BCUT2D eigenvalue weighted by Gasteiger charge is -2.12. The zero-order valence-corrected chi connectivity index (χ0v) is 11.6. The molecule has 0 aliphatic heterocycles. The molecule has 5 heteroatoms. The topological polar surface area (TPSA) is 58.2 Å². The number of rotatable bonds is 7. The second-order valence-corrected chi connectivity index (χ2v) is 5.93. The lowest BCUT2D eigenvalue weighted by atomic mass is 10.2. The van der Waals surface area contributed by atoms with Gasteiger partial charge in [0.05, 0.1) is 4.90 Å². The molecule has 0 saturated heterocycles. The van der Waals surface area contributed by atoms with Crippen LogP contribution in [0, 0.1) is 0 Å². The molecule has 100 valence electrons. The Hall–Kier alpha value is -1.17. The van der Waals surface area contributed by atoms with Crippen molar-refractivity contribution in [1.82, 2.24) is 10.0 Å². The zero-order chi connectivity index (χ0) is 13.6. The average molecular weight is 268 g/mol. The van der Waals surface area contributed by atoms with Gasteiger partial charge in [-0.2, -0.15) is 0 Å².